The van der Waals surface area contributed by atoms with Gasteiger partial charge in [0.1, 0.15) is 11.2 Å². The summed E-state index contributed by atoms with van der Waals surface area (Å²) in [6.45, 7) is 0. The number of nitriles is 1. The maximum Gasteiger partial charge on any atom is 0.135 e. The van der Waals surface area contributed by atoms with Gasteiger partial charge in [0, 0.05) is 10.8 Å². The third kappa shape index (κ3) is 2.79. The fourth-order valence-corrected chi connectivity index (χ4v) is 4.45. The highest BCUT2D eigenvalue weighted by molar-refractivity contribution is 6.09. The standard InChI is InChI=1S/C29H17NO/c30-18-19-6-5-7-20(16-19)22-13-14-23(25-9-2-1-8-24(22)25)21-12-15-29-27(17-21)26-10-3-4-11-28(26)31-29/h1-17H. The van der Waals surface area contributed by atoms with Crippen LogP contribution in [0.25, 0.3) is 55.0 Å². The summed E-state index contributed by atoms with van der Waals surface area (Å²) in [5, 5.41) is 13.9. The molecule has 0 N–H and O–H groups in total. The van der Waals surface area contributed by atoms with Gasteiger partial charge in [0.15, 0.2) is 0 Å². The van der Waals surface area contributed by atoms with Crippen molar-refractivity contribution in [3.63, 3.8) is 0 Å². The number of hydrogen-bond acceptors (Lipinski definition) is 2. The van der Waals surface area contributed by atoms with Crippen molar-refractivity contribution in [1.82, 2.24) is 0 Å². The number of rotatable bonds is 2. The predicted molar refractivity (Wildman–Crippen MR) is 127 cm³/mol. The second kappa shape index (κ2) is 6.86. The van der Waals surface area contributed by atoms with Crippen LogP contribution in [-0.4, -0.2) is 0 Å². The summed E-state index contributed by atoms with van der Waals surface area (Å²) < 4.78 is 6.00. The van der Waals surface area contributed by atoms with Crippen molar-refractivity contribution >= 4 is 32.7 Å². The Hall–Kier alpha value is -4.35. The van der Waals surface area contributed by atoms with Crippen LogP contribution in [-0.2, 0) is 0 Å². The monoisotopic (exact) mass is 395 g/mol. The molecule has 2 nitrogen and oxygen atoms in total. The maximum absolute atomic E-state index is 9.30. The van der Waals surface area contributed by atoms with Crippen LogP contribution in [0.4, 0.5) is 0 Å². The summed E-state index contributed by atoms with van der Waals surface area (Å²) in [6.07, 6.45) is 0. The topological polar surface area (TPSA) is 36.9 Å². The average molecular weight is 395 g/mol. The van der Waals surface area contributed by atoms with Gasteiger partial charge in [-0.2, -0.15) is 5.26 Å². The van der Waals surface area contributed by atoms with Crippen molar-refractivity contribution in [3.8, 4) is 28.3 Å². The SMILES string of the molecule is N#Cc1cccc(-c2ccc(-c3ccc4oc5ccccc5c4c3)c3ccccc23)c1. The molecular weight excluding hydrogens is 378 g/mol. The van der Waals surface area contributed by atoms with Gasteiger partial charge in [-0.25, -0.2) is 0 Å². The van der Waals surface area contributed by atoms with Crippen LogP contribution in [0, 0.1) is 11.3 Å². The molecule has 1 aromatic heterocycles. The van der Waals surface area contributed by atoms with Crippen LogP contribution >= 0.6 is 0 Å². The van der Waals surface area contributed by atoms with Crippen LogP contribution in [0.15, 0.2) is 108 Å². The molecule has 0 atom stereocenters. The first-order valence-electron chi connectivity index (χ1n) is 10.3. The van der Waals surface area contributed by atoms with Gasteiger partial charge < -0.3 is 4.42 Å². The lowest BCUT2D eigenvalue weighted by atomic mass is 9.91. The summed E-state index contributed by atoms with van der Waals surface area (Å²) in [7, 11) is 0. The van der Waals surface area contributed by atoms with Gasteiger partial charge in [-0.1, -0.05) is 72.8 Å². The molecule has 0 saturated heterocycles. The molecular formula is C29H17NO. The highest BCUT2D eigenvalue weighted by Gasteiger charge is 2.12. The van der Waals surface area contributed by atoms with Crippen molar-refractivity contribution in [2.24, 2.45) is 0 Å². The Morgan fingerprint density at radius 1 is 0.516 bits per heavy atom. The van der Waals surface area contributed by atoms with Crippen molar-refractivity contribution in [1.29, 1.82) is 5.26 Å². The second-order valence-corrected chi connectivity index (χ2v) is 7.71. The molecule has 0 fully saturated rings. The van der Waals surface area contributed by atoms with E-state index in [0.717, 1.165) is 38.6 Å². The number of hydrogen-bond donors (Lipinski definition) is 0. The van der Waals surface area contributed by atoms with Gasteiger partial charge in [0.25, 0.3) is 0 Å². The first-order valence-corrected chi connectivity index (χ1v) is 10.3. The maximum atomic E-state index is 9.30. The fraction of sp³-hybridized carbons (Fsp3) is 0. The van der Waals surface area contributed by atoms with E-state index in [0.29, 0.717) is 5.56 Å². The van der Waals surface area contributed by atoms with Crippen molar-refractivity contribution in [3.05, 3.63) is 109 Å². The molecule has 0 aliphatic carbocycles. The van der Waals surface area contributed by atoms with E-state index in [-0.39, 0.29) is 0 Å². The summed E-state index contributed by atoms with van der Waals surface area (Å²) in [4.78, 5) is 0. The quantitative estimate of drug-likeness (QED) is 0.298. The first-order chi connectivity index (χ1) is 15.3. The van der Waals surface area contributed by atoms with Crippen molar-refractivity contribution in [2.75, 3.05) is 0 Å². The van der Waals surface area contributed by atoms with E-state index in [1.54, 1.807) is 0 Å². The number of benzene rings is 5. The molecule has 5 aromatic carbocycles. The van der Waals surface area contributed by atoms with Crippen molar-refractivity contribution in [2.45, 2.75) is 0 Å². The lowest BCUT2D eigenvalue weighted by Gasteiger charge is -2.12. The molecule has 0 bridgehead atoms. The Bertz CT molecular complexity index is 1650. The zero-order valence-electron chi connectivity index (χ0n) is 16.7. The minimum Gasteiger partial charge on any atom is -0.456 e. The Kier molecular flexibility index (Phi) is 3.88. The van der Waals surface area contributed by atoms with E-state index in [4.69, 9.17) is 4.42 Å². The molecule has 0 amide bonds. The molecule has 0 spiro atoms. The second-order valence-electron chi connectivity index (χ2n) is 7.71. The molecule has 6 aromatic rings. The molecule has 31 heavy (non-hydrogen) atoms. The largest absolute Gasteiger partial charge is 0.456 e. The minimum absolute atomic E-state index is 0.669. The number of furan rings is 1. The van der Waals surface area contributed by atoms with E-state index in [1.165, 1.54) is 16.3 Å². The van der Waals surface area contributed by atoms with Gasteiger partial charge in [-0.05, 0) is 63.4 Å². The molecule has 6 rings (SSSR count). The van der Waals surface area contributed by atoms with Crippen LogP contribution < -0.4 is 0 Å². The highest BCUT2D eigenvalue weighted by atomic mass is 16.3. The molecule has 0 saturated carbocycles. The van der Waals surface area contributed by atoms with Crippen LogP contribution in [0.3, 0.4) is 0 Å². The molecule has 2 heteroatoms. The minimum atomic E-state index is 0.669. The van der Waals surface area contributed by atoms with Gasteiger partial charge in [0.2, 0.25) is 0 Å². The zero-order chi connectivity index (χ0) is 20.8. The average Bonchev–Trinajstić information content (AvgIpc) is 3.21. The van der Waals surface area contributed by atoms with Gasteiger partial charge in [-0.15, -0.1) is 0 Å². The lowest BCUT2D eigenvalue weighted by molar-refractivity contribution is 0.669. The molecule has 1 heterocycles. The third-order valence-electron chi connectivity index (χ3n) is 5.91. The molecule has 0 radical (unpaired) electrons. The first kappa shape index (κ1) is 17.5. The zero-order valence-corrected chi connectivity index (χ0v) is 16.7. The predicted octanol–water partition coefficient (Wildman–Crippen LogP) is 7.94. The van der Waals surface area contributed by atoms with E-state index in [9.17, 15) is 5.26 Å². The summed E-state index contributed by atoms with van der Waals surface area (Å²) in [6, 6.07) is 37.4. The number of nitrogens with zero attached hydrogens (tertiary/aromatic N) is 1. The van der Waals surface area contributed by atoms with Crippen molar-refractivity contribution < 1.29 is 4.42 Å². The summed E-state index contributed by atoms with van der Waals surface area (Å²) in [5.74, 6) is 0. The smallest absolute Gasteiger partial charge is 0.135 e. The van der Waals surface area contributed by atoms with Gasteiger partial charge in [0.05, 0.1) is 11.6 Å². The molecule has 0 aliphatic rings. The van der Waals surface area contributed by atoms with Gasteiger partial charge >= 0.3 is 0 Å². The normalized spacial score (nSPS) is 11.2. The number of para-hydroxylation sites is 1. The van der Waals surface area contributed by atoms with Crippen LogP contribution in [0.5, 0.6) is 0 Å². The molecule has 0 aliphatic heterocycles. The Morgan fingerprint density at radius 3 is 1.90 bits per heavy atom. The lowest BCUT2D eigenvalue weighted by Crippen LogP contribution is -1.87. The third-order valence-corrected chi connectivity index (χ3v) is 5.91. The summed E-state index contributed by atoms with van der Waals surface area (Å²) in [5.41, 5.74) is 7.01. The van der Waals surface area contributed by atoms with E-state index in [1.807, 2.05) is 36.4 Å². The van der Waals surface area contributed by atoms with E-state index >= 15 is 0 Å². The summed E-state index contributed by atoms with van der Waals surface area (Å²) >= 11 is 0. The van der Waals surface area contributed by atoms with Gasteiger partial charge in [-0.3, -0.25) is 0 Å². The van der Waals surface area contributed by atoms with Crippen LogP contribution in [0.2, 0.25) is 0 Å². The Labute approximate surface area is 179 Å². The Balaban J connectivity index is 1.59. The molecule has 0 unspecified atom stereocenters. The fourth-order valence-electron chi connectivity index (χ4n) is 4.45. The van der Waals surface area contributed by atoms with E-state index < -0.39 is 0 Å². The molecule has 144 valence electrons. The highest BCUT2D eigenvalue weighted by Crippen LogP contribution is 2.38. The van der Waals surface area contributed by atoms with Crippen LogP contribution in [0.1, 0.15) is 5.56 Å². The Morgan fingerprint density at radius 2 is 1.16 bits per heavy atom. The van der Waals surface area contributed by atoms with E-state index in [2.05, 4.69) is 72.8 Å². The number of fused-ring (bicyclic) bond motifs is 4.